The number of hydrogen-bond acceptors (Lipinski definition) is 6. The Labute approximate surface area is 197 Å². The van der Waals surface area contributed by atoms with Crippen LogP contribution in [0.5, 0.6) is 0 Å². The van der Waals surface area contributed by atoms with E-state index in [-0.39, 0.29) is 12.5 Å². The third-order valence-corrected chi connectivity index (χ3v) is 5.55. The van der Waals surface area contributed by atoms with Gasteiger partial charge >= 0.3 is 6.09 Å². The van der Waals surface area contributed by atoms with Gasteiger partial charge in [-0.05, 0) is 43.0 Å². The average molecular weight is 468 g/mol. The zero-order valence-corrected chi connectivity index (χ0v) is 19.3. The van der Waals surface area contributed by atoms with Crippen molar-refractivity contribution in [1.29, 1.82) is 0 Å². The Morgan fingerprint density at radius 3 is 1.85 bits per heavy atom. The second kappa shape index (κ2) is 10.8. The Bertz CT molecular complexity index is 1040. The Morgan fingerprint density at radius 2 is 1.29 bits per heavy atom. The number of amides is 4. The Kier molecular flexibility index (Phi) is 7.85. The second-order valence-electron chi connectivity index (χ2n) is 8.19. The van der Waals surface area contributed by atoms with Crippen molar-refractivity contribution in [3.8, 4) is 11.1 Å². The number of rotatable bonds is 7. The number of benzene rings is 2. The molecule has 0 radical (unpaired) electrons. The highest BCUT2D eigenvalue weighted by molar-refractivity contribution is 5.92. The van der Waals surface area contributed by atoms with Crippen LogP contribution >= 0.6 is 0 Å². The molecule has 6 N–H and O–H groups in total. The molecule has 1 aliphatic rings. The maximum atomic E-state index is 12.2. The predicted molar refractivity (Wildman–Crippen MR) is 125 cm³/mol. The number of hydrazine groups is 1. The summed E-state index contributed by atoms with van der Waals surface area (Å²) in [5.41, 5.74) is 14.2. The Hall–Kier alpha value is -3.92. The first kappa shape index (κ1) is 24.7. The third kappa shape index (κ3) is 5.70. The van der Waals surface area contributed by atoms with Crippen LogP contribution in [-0.4, -0.2) is 48.5 Å². The van der Waals surface area contributed by atoms with Crippen LogP contribution in [0.4, 0.5) is 4.79 Å². The lowest BCUT2D eigenvalue weighted by Gasteiger charge is -2.19. The molecule has 2 aromatic rings. The smallest absolute Gasteiger partial charge is 0.426 e. The third-order valence-electron chi connectivity index (χ3n) is 5.55. The molecule has 3 rings (SSSR count). The molecule has 3 atom stereocenters. The molecule has 0 fully saturated rings. The normalized spacial score (nSPS) is 14.6. The summed E-state index contributed by atoms with van der Waals surface area (Å²) in [4.78, 5) is 48.1. The van der Waals surface area contributed by atoms with Gasteiger partial charge in [-0.25, -0.2) is 10.2 Å². The first-order valence-electron chi connectivity index (χ1n) is 11.0. The standard InChI is InChI=1S/C24H29N5O5/c1-13(25)21(30)26-14(2)22(31)27-15(3)23(32)28-29-24(33)34-12-20-18-10-6-4-8-16(18)17-9-5-7-11-19(17)20/h4-11,13-15,20H,12,25H2,1-3H3,(H,26,30)(H,27,31)(H,28,32)(H,29,33). The van der Waals surface area contributed by atoms with Crippen molar-refractivity contribution in [3.63, 3.8) is 0 Å². The summed E-state index contributed by atoms with van der Waals surface area (Å²) in [5.74, 6) is -1.83. The maximum absolute atomic E-state index is 12.2. The lowest BCUT2D eigenvalue weighted by atomic mass is 9.98. The summed E-state index contributed by atoms with van der Waals surface area (Å²) in [6.07, 6.45) is -0.827. The van der Waals surface area contributed by atoms with Gasteiger partial charge in [0, 0.05) is 5.92 Å². The van der Waals surface area contributed by atoms with Gasteiger partial charge in [0.15, 0.2) is 0 Å². The highest BCUT2D eigenvalue weighted by Crippen LogP contribution is 2.44. The van der Waals surface area contributed by atoms with Gasteiger partial charge in [-0.3, -0.25) is 19.8 Å². The SMILES string of the molecule is CC(N)C(=O)NC(C)C(=O)NC(C)C(=O)NNC(=O)OCC1c2ccccc2-c2ccccc21. The Morgan fingerprint density at radius 1 is 0.794 bits per heavy atom. The molecule has 0 heterocycles. The van der Waals surface area contributed by atoms with Gasteiger partial charge < -0.3 is 21.1 Å². The van der Waals surface area contributed by atoms with Gasteiger partial charge in [0.1, 0.15) is 18.7 Å². The topological polar surface area (TPSA) is 152 Å². The zero-order chi connectivity index (χ0) is 24.8. The molecular weight excluding hydrogens is 438 g/mol. The molecule has 1 aliphatic carbocycles. The van der Waals surface area contributed by atoms with Crippen LogP contribution in [-0.2, 0) is 19.1 Å². The molecule has 10 nitrogen and oxygen atoms in total. The number of ether oxygens (including phenoxy) is 1. The van der Waals surface area contributed by atoms with E-state index in [4.69, 9.17) is 10.5 Å². The zero-order valence-electron chi connectivity index (χ0n) is 19.3. The fourth-order valence-corrected chi connectivity index (χ4v) is 3.67. The van der Waals surface area contributed by atoms with Crippen molar-refractivity contribution < 1.29 is 23.9 Å². The second-order valence-corrected chi connectivity index (χ2v) is 8.19. The van der Waals surface area contributed by atoms with Crippen molar-refractivity contribution >= 4 is 23.8 Å². The molecule has 0 saturated heterocycles. The largest absolute Gasteiger partial charge is 0.447 e. The van der Waals surface area contributed by atoms with E-state index < -0.39 is 41.9 Å². The summed E-state index contributed by atoms with van der Waals surface area (Å²) >= 11 is 0. The first-order valence-corrected chi connectivity index (χ1v) is 11.0. The molecule has 10 heteroatoms. The summed E-state index contributed by atoms with van der Waals surface area (Å²) < 4.78 is 5.34. The summed E-state index contributed by atoms with van der Waals surface area (Å²) in [6, 6.07) is 13.3. The van der Waals surface area contributed by atoms with Crippen molar-refractivity contribution in [1.82, 2.24) is 21.5 Å². The van der Waals surface area contributed by atoms with Crippen LogP contribution in [0.2, 0.25) is 0 Å². The fourth-order valence-electron chi connectivity index (χ4n) is 3.67. The van der Waals surface area contributed by atoms with E-state index in [1.165, 1.54) is 20.8 Å². The minimum atomic E-state index is -0.976. The fraction of sp³-hybridized carbons (Fsp3) is 0.333. The Balaban J connectivity index is 1.47. The molecule has 3 unspecified atom stereocenters. The van der Waals surface area contributed by atoms with E-state index in [9.17, 15) is 19.2 Å². The van der Waals surface area contributed by atoms with Crippen LogP contribution in [0, 0.1) is 0 Å². The molecular formula is C24H29N5O5. The minimum Gasteiger partial charge on any atom is -0.447 e. The lowest BCUT2D eigenvalue weighted by molar-refractivity contribution is -0.131. The number of nitrogens with two attached hydrogens (primary N) is 1. The van der Waals surface area contributed by atoms with E-state index >= 15 is 0 Å². The molecule has 2 aromatic carbocycles. The van der Waals surface area contributed by atoms with Crippen molar-refractivity contribution in [2.45, 2.75) is 44.8 Å². The molecule has 0 bridgehead atoms. The van der Waals surface area contributed by atoms with Crippen molar-refractivity contribution in [3.05, 3.63) is 59.7 Å². The number of hydrogen-bond donors (Lipinski definition) is 5. The van der Waals surface area contributed by atoms with Crippen LogP contribution in [0.3, 0.4) is 0 Å². The number of carbonyl (C=O) groups excluding carboxylic acids is 4. The summed E-state index contributed by atoms with van der Waals surface area (Å²) in [7, 11) is 0. The molecule has 0 saturated carbocycles. The molecule has 0 aromatic heterocycles. The van der Waals surface area contributed by atoms with Gasteiger partial charge in [-0.15, -0.1) is 0 Å². The summed E-state index contributed by atoms with van der Waals surface area (Å²) in [5, 5.41) is 4.88. The van der Waals surface area contributed by atoms with Gasteiger partial charge in [-0.2, -0.15) is 0 Å². The predicted octanol–water partition coefficient (Wildman–Crippen LogP) is 0.913. The van der Waals surface area contributed by atoms with E-state index in [1.54, 1.807) is 0 Å². The van der Waals surface area contributed by atoms with Gasteiger partial charge in [0.25, 0.3) is 5.91 Å². The van der Waals surface area contributed by atoms with E-state index in [1.807, 2.05) is 48.5 Å². The van der Waals surface area contributed by atoms with Gasteiger partial charge in [-0.1, -0.05) is 48.5 Å². The molecule has 0 spiro atoms. The van der Waals surface area contributed by atoms with Gasteiger partial charge in [0.05, 0.1) is 6.04 Å². The molecule has 34 heavy (non-hydrogen) atoms. The van der Waals surface area contributed by atoms with Crippen molar-refractivity contribution in [2.75, 3.05) is 6.61 Å². The summed E-state index contributed by atoms with van der Waals surface area (Å²) in [6.45, 7) is 4.49. The first-order chi connectivity index (χ1) is 16.2. The highest BCUT2D eigenvalue weighted by Gasteiger charge is 2.29. The highest BCUT2D eigenvalue weighted by atomic mass is 16.6. The maximum Gasteiger partial charge on any atom is 0.426 e. The number of nitrogens with one attached hydrogen (secondary N) is 4. The van der Waals surface area contributed by atoms with E-state index in [2.05, 4.69) is 21.5 Å². The minimum absolute atomic E-state index is 0.0960. The lowest BCUT2D eigenvalue weighted by Crippen LogP contribution is -2.55. The van der Waals surface area contributed by atoms with E-state index in [0.717, 1.165) is 22.3 Å². The number of carbonyl (C=O) groups is 4. The molecule has 4 amide bonds. The molecule has 0 aliphatic heterocycles. The van der Waals surface area contributed by atoms with Crippen LogP contribution in [0.15, 0.2) is 48.5 Å². The monoisotopic (exact) mass is 467 g/mol. The van der Waals surface area contributed by atoms with Gasteiger partial charge in [0.2, 0.25) is 11.8 Å². The van der Waals surface area contributed by atoms with E-state index in [0.29, 0.717) is 0 Å². The van der Waals surface area contributed by atoms with Crippen molar-refractivity contribution in [2.24, 2.45) is 5.73 Å². The van der Waals surface area contributed by atoms with Crippen LogP contribution < -0.4 is 27.2 Å². The van der Waals surface area contributed by atoms with Crippen LogP contribution in [0.25, 0.3) is 11.1 Å². The quantitative estimate of drug-likeness (QED) is 0.382. The number of fused-ring (bicyclic) bond motifs is 3. The van der Waals surface area contributed by atoms with Crippen LogP contribution in [0.1, 0.15) is 37.8 Å². The molecule has 180 valence electrons. The average Bonchev–Trinajstić information content (AvgIpc) is 3.14.